The number of benzene rings is 1. The average molecular weight is 1430 g/mol. The number of alkyl halides is 3. The molecule has 4 aliphatic heterocycles. The summed E-state index contributed by atoms with van der Waals surface area (Å²) in [5, 5.41) is 8.02. The summed E-state index contributed by atoms with van der Waals surface area (Å²) in [6, 6.07) is -7.17. The first-order valence-corrected chi connectivity index (χ1v) is 36.8. The Bertz CT molecular complexity index is 3050. The van der Waals surface area contributed by atoms with Crippen molar-refractivity contribution in [2.45, 2.75) is 250 Å². The molecule has 100 heavy (non-hydrogen) atoms. The maximum absolute atomic E-state index is 14.9. The van der Waals surface area contributed by atoms with E-state index in [1.54, 1.807) is 18.7 Å². The number of hydrogen-bond donors (Lipinski definition) is 3. The normalized spacial score (nSPS) is 26.6. The minimum atomic E-state index is -4.74. The number of amides is 12. The van der Waals surface area contributed by atoms with E-state index in [0.717, 1.165) is 62.0 Å². The Labute approximate surface area is 594 Å². The summed E-state index contributed by atoms with van der Waals surface area (Å²) in [6.07, 6.45) is 5.30. The van der Waals surface area contributed by atoms with E-state index in [0.29, 0.717) is 57.2 Å². The first-order chi connectivity index (χ1) is 47.2. The Morgan fingerprint density at radius 1 is 0.610 bits per heavy atom. The van der Waals surface area contributed by atoms with Gasteiger partial charge in [-0.2, -0.15) is 13.2 Å². The topological polar surface area (TPSA) is 270 Å². The van der Waals surface area contributed by atoms with Crippen molar-refractivity contribution in [3.05, 3.63) is 34.3 Å². The quantitative estimate of drug-likeness (QED) is 0.181. The summed E-state index contributed by atoms with van der Waals surface area (Å²) in [6.45, 7) is 11.4. The Morgan fingerprint density at radius 3 is 1.87 bits per heavy atom. The summed E-state index contributed by atoms with van der Waals surface area (Å²) in [7, 11) is 8.72. The largest absolute Gasteiger partial charge is 0.417 e. The van der Waals surface area contributed by atoms with Crippen molar-refractivity contribution in [3.8, 4) is 0 Å². The van der Waals surface area contributed by atoms with Crippen LogP contribution in [0, 0.1) is 17.8 Å². The van der Waals surface area contributed by atoms with E-state index in [4.69, 9.17) is 11.6 Å². The van der Waals surface area contributed by atoms with Crippen molar-refractivity contribution in [1.82, 2.24) is 60.0 Å². The molecule has 5 fully saturated rings. The third-order valence-electron chi connectivity index (χ3n) is 21.1. The molecule has 0 spiro atoms. The lowest BCUT2D eigenvalue weighted by atomic mass is 9.84. The molecule has 24 nitrogen and oxygen atoms in total. The van der Waals surface area contributed by atoms with Crippen LogP contribution in [0.25, 0.3) is 0 Å². The molecule has 1 aromatic carbocycles. The average Bonchev–Trinajstić information content (AvgIpc) is 0.950. The first-order valence-electron chi connectivity index (χ1n) is 36.4. The summed E-state index contributed by atoms with van der Waals surface area (Å²) in [4.78, 5) is 188. The molecule has 0 radical (unpaired) electrons. The zero-order valence-corrected chi connectivity index (χ0v) is 61.9. The van der Waals surface area contributed by atoms with E-state index >= 15 is 0 Å². The summed E-state index contributed by atoms with van der Waals surface area (Å²) in [5.74, 6) is -7.49. The smallest absolute Gasteiger partial charge is 0.354 e. The molecule has 6 rings (SSSR count). The van der Waals surface area contributed by atoms with Crippen LogP contribution in [0.2, 0.25) is 5.02 Å². The summed E-state index contributed by atoms with van der Waals surface area (Å²) in [5.41, 5.74) is -0.727. The number of carbonyl (C=O) groups excluding carboxylic acids is 12. The number of likely N-dealkylation sites (N-methyl/N-ethyl adjacent to an activating group) is 6. The van der Waals surface area contributed by atoms with Gasteiger partial charge in [0.05, 0.1) is 23.6 Å². The molecule has 12 amide bonds. The fourth-order valence-electron chi connectivity index (χ4n) is 14.6. The van der Waals surface area contributed by atoms with Crippen LogP contribution in [0.5, 0.6) is 0 Å². The third kappa shape index (κ3) is 21.5. The highest BCUT2D eigenvalue weighted by atomic mass is 35.5. The van der Waals surface area contributed by atoms with Gasteiger partial charge in [-0.25, -0.2) is 0 Å². The number of halogens is 4. The van der Waals surface area contributed by atoms with E-state index < -0.39 is 161 Å². The Kier molecular flexibility index (Phi) is 30.9. The van der Waals surface area contributed by atoms with Crippen LogP contribution < -0.4 is 16.0 Å². The highest BCUT2D eigenvalue weighted by Gasteiger charge is 2.47. The van der Waals surface area contributed by atoms with Crippen molar-refractivity contribution >= 4 is 82.5 Å². The number of fused-ring (bicyclic) bond motifs is 2. The molecule has 1 saturated carbocycles. The number of carbonyl (C=O) groups is 12. The Morgan fingerprint density at radius 2 is 1.26 bits per heavy atom. The minimum Gasteiger partial charge on any atom is -0.354 e. The lowest BCUT2D eigenvalue weighted by molar-refractivity contribution is -0.160. The van der Waals surface area contributed by atoms with E-state index in [-0.39, 0.29) is 89.3 Å². The lowest BCUT2D eigenvalue weighted by Crippen LogP contribution is -2.64. The maximum atomic E-state index is 14.9. The van der Waals surface area contributed by atoms with Crippen molar-refractivity contribution in [2.24, 2.45) is 17.8 Å². The molecule has 9 atom stereocenters. The molecule has 4 saturated heterocycles. The first kappa shape index (κ1) is 81.9. The van der Waals surface area contributed by atoms with Gasteiger partial charge in [-0.3, -0.25) is 57.5 Å². The fraction of sp³-hybridized carbons (Fsp3) is 0.750. The number of nitrogens with zero attached hydrogens (tertiary/aromatic N) is 9. The van der Waals surface area contributed by atoms with Gasteiger partial charge in [-0.1, -0.05) is 104 Å². The van der Waals surface area contributed by atoms with Gasteiger partial charge in [0.2, 0.25) is 70.9 Å². The second kappa shape index (κ2) is 37.7. The minimum absolute atomic E-state index is 0.0346. The number of unbranched alkanes of at least 4 members (excludes halogenated alkanes) is 2. The molecule has 28 heteroatoms. The van der Waals surface area contributed by atoms with Gasteiger partial charge in [-0.05, 0) is 126 Å². The summed E-state index contributed by atoms with van der Waals surface area (Å²) < 4.78 is 41.3. The number of aryl methyl sites for hydroxylation is 1. The number of likely N-dealkylation sites (tertiary alicyclic amines) is 1. The molecule has 1 aromatic rings. The van der Waals surface area contributed by atoms with Crippen molar-refractivity contribution in [3.63, 3.8) is 0 Å². The van der Waals surface area contributed by atoms with Crippen molar-refractivity contribution < 1.29 is 70.7 Å². The van der Waals surface area contributed by atoms with Crippen LogP contribution in [-0.2, 0) is 70.1 Å². The van der Waals surface area contributed by atoms with Gasteiger partial charge in [-0.15, -0.1) is 0 Å². The van der Waals surface area contributed by atoms with Crippen LogP contribution in [0.15, 0.2) is 18.2 Å². The van der Waals surface area contributed by atoms with Crippen molar-refractivity contribution in [1.29, 1.82) is 0 Å². The molecule has 560 valence electrons. The highest BCUT2D eigenvalue weighted by molar-refractivity contribution is 6.31. The molecular weight excluding hydrogens is 1320 g/mol. The van der Waals surface area contributed by atoms with Gasteiger partial charge in [0.25, 0.3) is 0 Å². The monoisotopic (exact) mass is 1430 g/mol. The molecule has 1 aliphatic carbocycles. The predicted molar refractivity (Wildman–Crippen MR) is 371 cm³/mol. The van der Waals surface area contributed by atoms with Crippen LogP contribution in [-0.4, -0.2) is 251 Å². The zero-order chi connectivity index (χ0) is 74.0. The standard InChI is InChI=1S/C72H112ClF3N12O12/c1-13-14-17-27-52-66(95)81(8)47(6)65(94)88-39-34-55(88)69(98)83(10)57(42-48-25-18-15-19-26-48)68(97)80(7)44-59(89)78-53(33-31-49-30-32-50(51(73)41-49)72(74,75)76)67(96)87-38-24-28-54(87)63(92)77-35-21-20-29-60(90)85(12)62(46(4)5)71(100)84(11)58(70(99)86-36-22-16-23-37-86)43-61(91)82(9)56(40-45(2)3)64(93)79-52/h30,32,41,45-48,52-58,62H,13-29,31,33-40,42-44H2,1-12H3,(H,77,92)(H,78,89)(H,79,93)/t47-,52-,53-,54-,55-,56-,57-,58-,62-/m0/s1. The van der Waals surface area contributed by atoms with Crippen LogP contribution in [0.4, 0.5) is 13.2 Å². The van der Waals surface area contributed by atoms with E-state index in [9.17, 15) is 70.7 Å². The van der Waals surface area contributed by atoms with Gasteiger partial charge >= 0.3 is 6.18 Å². The Balaban J connectivity index is 1.35. The van der Waals surface area contributed by atoms with E-state index in [2.05, 4.69) is 16.0 Å². The van der Waals surface area contributed by atoms with Gasteiger partial charge in [0, 0.05) is 81.4 Å². The molecule has 5 aliphatic rings. The lowest BCUT2D eigenvalue weighted by Gasteiger charge is -2.45. The second-order valence-electron chi connectivity index (χ2n) is 29.2. The van der Waals surface area contributed by atoms with Crippen LogP contribution in [0.1, 0.15) is 194 Å². The number of nitrogens with one attached hydrogen (secondary N) is 3. The molecule has 4 heterocycles. The Hall–Kier alpha value is -7.06. The molecule has 3 N–H and O–H groups in total. The molecule has 0 bridgehead atoms. The van der Waals surface area contributed by atoms with Crippen LogP contribution >= 0.6 is 11.6 Å². The molecule has 0 aromatic heterocycles. The summed E-state index contributed by atoms with van der Waals surface area (Å²) >= 11 is 6.11. The maximum Gasteiger partial charge on any atom is 0.417 e. The molecule has 0 unspecified atom stereocenters. The molecular formula is C72H112ClF3N12O12. The fourth-order valence-corrected chi connectivity index (χ4v) is 14.9. The number of rotatable bonds is 13. The van der Waals surface area contributed by atoms with Crippen LogP contribution in [0.3, 0.4) is 0 Å². The number of piperidine rings is 1. The number of hydrogen-bond acceptors (Lipinski definition) is 12. The highest BCUT2D eigenvalue weighted by Crippen LogP contribution is 2.36. The zero-order valence-electron chi connectivity index (χ0n) is 61.1. The SMILES string of the molecule is CCCCC[C@@H]1NC(=O)[C@H](CC(C)C)N(C)C(=O)C[C@@H](C(=O)N2CCCCC2)N(C)C(=O)[C@H](C(C)C)N(C)C(=O)CCCCNC(=O)[C@@H]2CCCN2C(=O)[C@H](CCc2ccc(C(F)(F)F)c(Cl)c2)NC(=O)CN(C)C(=O)[C@H](CC2CCCCC2)N(C)C(=O)[C@@H]2CCN2C(=O)[C@H](C)N(C)C1=O. The van der Waals surface area contributed by atoms with E-state index in [1.807, 2.05) is 20.8 Å². The van der Waals surface area contributed by atoms with Gasteiger partial charge in [0.15, 0.2) is 0 Å². The van der Waals surface area contributed by atoms with Crippen molar-refractivity contribution in [2.75, 3.05) is 81.6 Å². The van der Waals surface area contributed by atoms with Gasteiger partial charge in [0.1, 0.15) is 54.4 Å². The second-order valence-corrected chi connectivity index (χ2v) is 29.6. The van der Waals surface area contributed by atoms with E-state index in [1.165, 1.54) is 89.6 Å². The predicted octanol–water partition coefficient (Wildman–Crippen LogP) is 6.42. The van der Waals surface area contributed by atoms with Gasteiger partial charge < -0.3 is 60.0 Å². The third-order valence-corrected chi connectivity index (χ3v) is 21.4.